The molecule has 0 saturated carbocycles. The van der Waals surface area contributed by atoms with Gasteiger partial charge in [-0.1, -0.05) is 55.5 Å². The molecule has 0 radical (unpaired) electrons. The number of hydrogen-bond acceptors (Lipinski definition) is 3. The van der Waals surface area contributed by atoms with Crippen molar-refractivity contribution in [1.82, 2.24) is 14.5 Å². The first-order chi connectivity index (χ1) is 15.1. The fourth-order valence-electron chi connectivity index (χ4n) is 3.77. The molecule has 0 aliphatic heterocycles. The molecule has 0 atom stereocenters. The number of carbonyl (C=O) groups excluding carboxylic acids is 1. The SMILES string of the molecule is CCc1ccc(CN(Cc2cccnc2)C(=O)c2cc(=O)n(C)c3ccccc23)cc1. The van der Waals surface area contributed by atoms with Gasteiger partial charge in [-0.25, -0.2) is 0 Å². The molecular weight excluding hydrogens is 386 g/mol. The van der Waals surface area contributed by atoms with Gasteiger partial charge in [-0.3, -0.25) is 14.6 Å². The number of carbonyl (C=O) groups is 1. The number of pyridine rings is 2. The molecule has 0 unspecified atom stereocenters. The molecule has 5 nitrogen and oxygen atoms in total. The molecule has 4 aromatic rings. The Morgan fingerprint density at radius 1 is 0.935 bits per heavy atom. The van der Waals surface area contributed by atoms with Crippen molar-refractivity contribution >= 4 is 16.8 Å². The number of fused-ring (bicyclic) bond motifs is 1. The van der Waals surface area contributed by atoms with Crippen LogP contribution in [0.3, 0.4) is 0 Å². The number of rotatable bonds is 6. The second kappa shape index (κ2) is 8.96. The van der Waals surface area contributed by atoms with Crippen LogP contribution in [0.25, 0.3) is 10.9 Å². The summed E-state index contributed by atoms with van der Waals surface area (Å²) >= 11 is 0. The first-order valence-electron chi connectivity index (χ1n) is 10.4. The van der Waals surface area contributed by atoms with E-state index in [1.165, 1.54) is 11.6 Å². The Kier molecular flexibility index (Phi) is 5.94. The third-order valence-electron chi connectivity index (χ3n) is 5.57. The topological polar surface area (TPSA) is 55.2 Å². The van der Waals surface area contributed by atoms with E-state index in [9.17, 15) is 9.59 Å². The number of aromatic nitrogens is 2. The van der Waals surface area contributed by atoms with Gasteiger partial charge in [-0.2, -0.15) is 0 Å². The predicted octanol–water partition coefficient (Wildman–Crippen LogP) is 4.34. The van der Waals surface area contributed by atoms with Gasteiger partial charge in [0, 0.05) is 44.0 Å². The molecule has 2 aromatic heterocycles. The Morgan fingerprint density at radius 2 is 1.65 bits per heavy atom. The van der Waals surface area contributed by atoms with Crippen LogP contribution in [0.2, 0.25) is 0 Å². The van der Waals surface area contributed by atoms with Gasteiger partial charge in [-0.05, 0) is 35.2 Å². The van der Waals surface area contributed by atoms with E-state index in [1.807, 2.05) is 36.4 Å². The summed E-state index contributed by atoms with van der Waals surface area (Å²) in [5, 5.41) is 0.770. The summed E-state index contributed by atoms with van der Waals surface area (Å²) < 4.78 is 1.57. The molecule has 0 fully saturated rings. The molecule has 31 heavy (non-hydrogen) atoms. The van der Waals surface area contributed by atoms with E-state index in [0.717, 1.165) is 28.5 Å². The predicted molar refractivity (Wildman–Crippen MR) is 123 cm³/mol. The molecule has 0 aliphatic rings. The van der Waals surface area contributed by atoms with Gasteiger partial charge in [0.15, 0.2) is 0 Å². The standard InChI is InChI=1S/C26H25N3O2/c1-3-19-10-12-20(13-11-19)17-29(18-21-7-6-14-27-16-21)26(31)23-15-25(30)28(2)24-9-5-4-8-22(23)24/h4-16H,3,17-18H2,1-2H3. The summed E-state index contributed by atoms with van der Waals surface area (Å²) in [4.78, 5) is 32.2. The lowest BCUT2D eigenvalue weighted by Gasteiger charge is -2.24. The minimum absolute atomic E-state index is 0.169. The van der Waals surface area contributed by atoms with Gasteiger partial charge in [0.1, 0.15) is 0 Å². The molecule has 0 spiro atoms. The fourth-order valence-corrected chi connectivity index (χ4v) is 3.77. The largest absolute Gasteiger partial charge is 0.330 e. The Morgan fingerprint density at radius 3 is 2.35 bits per heavy atom. The van der Waals surface area contributed by atoms with Crippen molar-refractivity contribution in [3.05, 3.63) is 112 Å². The highest BCUT2D eigenvalue weighted by Gasteiger charge is 2.21. The normalized spacial score (nSPS) is 10.9. The highest BCUT2D eigenvalue weighted by Crippen LogP contribution is 2.21. The van der Waals surface area contributed by atoms with Gasteiger partial charge in [0.25, 0.3) is 11.5 Å². The van der Waals surface area contributed by atoms with Crippen molar-refractivity contribution in [3.8, 4) is 0 Å². The maximum Gasteiger partial charge on any atom is 0.255 e. The fraction of sp³-hybridized carbons (Fsp3) is 0.192. The summed E-state index contributed by atoms with van der Waals surface area (Å²) in [6.45, 7) is 2.97. The van der Waals surface area contributed by atoms with Crippen molar-refractivity contribution in [1.29, 1.82) is 0 Å². The van der Waals surface area contributed by atoms with E-state index in [0.29, 0.717) is 18.7 Å². The van der Waals surface area contributed by atoms with Crippen LogP contribution in [-0.2, 0) is 26.6 Å². The van der Waals surface area contributed by atoms with Gasteiger partial charge >= 0.3 is 0 Å². The molecule has 4 rings (SSSR count). The van der Waals surface area contributed by atoms with Crippen LogP contribution in [0.5, 0.6) is 0 Å². The van der Waals surface area contributed by atoms with Crippen molar-refractivity contribution in [3.63, 3.8) is 0 Å². The number of hydrogen-bond donors (Lipinski definition) is 0. The maximum absolute atomic E-state index is 13.7. The molecule has 156 valence electrons. The Hall–Kier alpha value is -3.73. The van der Waals surface area contributed by atoms with Crippen molar-refractivity contribution in [2.45, 2.75) is 26.4 Å². The molecule has 2 aromatic carbocycles. The van der Waals surface area contributed by atoms with E-state index < -0.39 is 0 Å². The van der Waals surface area contributed by atoms with Gasteiger partial charge in [-0.15, -0.1) is 0 Å². The second-order valence-electron chi connectivity index (χ2n) is 7.66. The van der Waals surface area contributed by atoms with Crippen LogP contribution < -0.4 is 5.56 Å². The third kappa shape index (κ3) is 4.40. The molecule has 0 bridgehead atoms. The van der Waals surface area contributed by atoms with Gasteiger partial charge in [0.05, 0.1) is 11.1 Å². The van der Waals surface area contributed by atoms with E-state index in [4.69, 9.17) is 0 Å². The number of nitrogens with zero attached hydrogens (tertiary/aromatic N) is 3. The quantitative estimate of drug-likeness (QED) is 0.474. The molecule has 0 N–H and O–H groups in total. The van der Waals surface area contributed by atoms with E-state index in [-0.39, 0.29) is 11.5 Å². The first kappa shape index (κ1) is 20.5. The number of amides is 1. The minimum atomic E-state index is -0.198. The van der Waals surface area contributed by atoms with Gasteiger partial charge in [0.2, 0.25) is 0 Å². The second-order valence-corrected chi connectivity index (χ2v) is 7.66. The van der Waals surface area contributed by atoms with Crippen LogP contribution in [0.1, 0.15) is 34.0 Å². The van der Waals surface area contributed by atoms with Crippen LogP contribution >= 0.6 is 0 Å². The van der Waals surface area contributed by atoms with E-state index in [1.54, 1.807) is 28.9 Å². The number of aryl methyl sites for hydroxylation is 2. The molecule has 0 saturated heterocycles. The number of benzene rings is 2. The highest BCUT2D eigenvalue weighted by atomic mass is 16.2. The Labute approximate surface area is 181 Å². The van der Waals surface area contributed by atoms with E-state index >= 15 is 0 Å². The summed E-state index contributed by atoms with van der Waals surface area (Å²) in [5.41, 5.74) is 4.21. The minimum Gasteiger partial charge on any atom is -0.330 e. The zero-order chi connectivity index (χ0) is 21.8. The van der Waals surface area contributed by atoms with Crippen LogP contribution in [0, 0.1) is 0 Å². The monoisotopic (exact) mass is 411 g/mol. The van der Waals surface area contributed by atoms with Crippen molar-refractivity contribution in [2.24, 2.45) is 7.05 Å². The van der Waals surface area contributed by atoms with Crippen LogP contribution in [-0.4, -0.2) is 20.4 Å². The lowest BCUT2D eigenvalue weighted by atomic mass is 10.1. The number of para-hydroxylation sites is 1. The summed E-state index contributed by atoms with van der Waals surface area (Å²) in [6, 6.07) is 21.1. The lowest BCUT2D eigenvalue weighted by molar-refractivity contribution is 0.0731. The Bertz CT molecular complexity index is 1260. The average Bonchev–Trinajstić information content (AvgIpc) is 2.82. The molecule has 1 amide bonds. The van der Waals surface area contributed by atoms with E-state index in [2.05, 4.69) is 36.2 Å². The van der Waals surface area contributed by atoms with Crippen LogP contribution in [0.4, 0.5) is 0 Å². The third-order valence-corrected chi connectivity index (χ3v) is 5.57. The maximum atomic E-state index is 13.7. The zero-order valence-corrected chi connectivity index (χ0v) is 17.8. The average molecular weight is 412 g/mol. The summed E-state index contributed by atoms with van der Waals surface area (Å²) in [7, 11) is 1.72. The summed E-state index contributed by atoms with van der Waals surface area (Å²) in [6.07, 6.45) is 4.45. The molecule has 2 heterocycles. The molecule has 5 heteroatoms. The Balaban J connectivity index is 1.75. The van der Waals surface area contributed by atoms with Gasteiger partial charge < -0.3 is 9.47 Å². The summed E-state index contributed by atoms with van der Waals surface area (Å²) in [5.74, 6) is -0.169. The smallest absolute Gasteiger partial charge is 0.255 e. The molecule has 0 aliphatic carbocycles. The highest BCUT2D eigenvalue weighted by molar-refractivity contribution is 6.06. The van der Waals surface area contributed by atoms with Crippen molar-refractivity contribution < 1.29 is 4.79 Å². The zero-order valence-electron chi connectivity index (χ0n) is 17.8. The first-order valence-corrected chi connectivity index (χ1v) is 10.4. The molecular formula is C26H25N3O2. The van der Waals surface area contributed by atoms with Crippen LogP contribution in [0.15, 0.2) is 83.9 Å². The lowest BCUT2D eigenvalue weighted by Crippen LogP contribution is -2.32. The van der Waals surface area contributed by atoms with Crippen molar-refractivity contribution in [2.75, 3.05) is 0 Å².